The number of hydrogen-bond donors (Lipinski definition) is 2. The van der Waals surface area contributed by atoms with Crippen LogP contribution in [0.2, 0.25) is 5.02 Å². The molecule has 0 radical (unpaired) electrons. The third-order valence-corrected chi connectivity index (χ3v) is 3.20. The summed E-state index contributed by atoms with van der Waals surface area (Å²) in [7, 11) is 1.73. The SMILES string of the molecule is CN1CCC(Nc2ccc(Cl)cc2C(=O)O)C1=O. The van der Waals surface area contributed by atoms with Gasteiger partial charge in [0, 0.05) is 24.3 Å². The number of carbonyl (C=O) groups is 2. The normalized spacial score (nSPS) is 19.1. The van der Waals surface area contributed by atoms with Gasteiger partial charge in [-0.1, -0.05) is 11.6 Å². The van der Waals surface area contributed by atoms with Gasteiger partial charge >= 0.3 is 5.97 Å². The smallest absolute Gasteiger partial charge is 0.337 e. The zero-order valence-corrected chi connectivity index (χ0v) is 10.6. The Balaban J connectivity index is 2.24. The lowest BCUT2D eigenvalue weighted by Crippen LogP contribution is -2.31. The minimum absolute atomic E-state index is 0.0266. The van der Waals surface area contributed by atoms with Crippen molar-refractivity contribution in [2.24, 2.45) is 0 Å². The molecule has 96 valence electrons. The highest BCUT2D eigenvalue weighted by molar-refractivity contribution is 6.31. The van der Waals surface area contributed by atoms with E-state index in [0.29, 0.717) is 23.7 Å². The highest BCUT2D eigenvalue weighted by Gasteiger charge is 2.29. The van der Waals surface area contributed by atoms with Crippen LogP contribution in [0.5, 0.6) is 0 Å². The van der Waals surface area contributed by atoms with E-state index in [4.69, 9.17) is 16.7 Å². The Labute approximate surface area is 109 Å². The molecule has 1 atom stereocenters. The molecule has 1 aliphatic heterocycles. The molecule has 1 saturated heterocycles. The number of nitrogens with one attached hydrogen (secondary N) is 1. The predicted molar refractivity (Wildman–Crippen MR) is 68.1 cm³/mol. The van der Waals surface area contributed by atoms with Gasteiger partial charge in [-0.05, 0) is 24.6 Å². The highest BCUT2D eigenvalue weighted by Crippen LogP contribution is 2.23. The highest BCUT2D eigenvalue weighted by atomic mass is 35.5. The van der Waals surface area contributed by atoms with Gasteiger partial charge in [-0.3, -0.25) is 4.79 Å². The third-order valence-electron chi connectivity index (χ3n) is 2.97. The van der Waals surface area contributed by atoms with Gasteiger partial charge in [-0.15, -0.1) is 0 Å². The number of aromatic carboxylic acids is 1. The topological polar surface area (TPSA) is 69.6 Å². The Morgan fingerprint density at radius 2 is 2.28 bits per heavy atom. The number of amides is 1. The minimum Gasteiger partial charge on any atom is -0.478 e. The first-order chi connectivity index (χ1) is 8.49. The lowest BCUT2D eigenvalue weighted by Gasteiger charge is -2.15. The van der Waals surface area contributed by atoms with Gasteiger partial charge in [0.15, 0.2) is 0 Å². The number of likely N-dealkylation sites (tertiary alicyclic amines) is 1. The van der Waals surface area contributed by atoms with Gasteiger partial charge in [0.25, 0.3) is 0 Å². The standard InChI is InChI=1S/C12H13ClN2O3/c1-15-5-4-10(11(15)16)14-9-3-2-7(13)6-8(9)12(17)18/h2-3,6,10,14H,4-5H2,1H3,(H,17,18). The van der Waals surface area contributed by atoms with E-state index < -0.39 is 5.97 Å². The molecule has 2 N–H and O–H groups in total. The maximum absolute atomic E-state index is 11.7. The number of carbonyl (C=O) groups excluding carboxylic acids is 1. The van der Waals surface area contributed by atoms with Crippen LogP contribution in [0.3, 0.4) is 0 Å². The molecule has 18 heavy (non-hydrogen) atoms. The van der Waals surface area contributed by atoms with Crippen molar-refractivity contribution in [2.75, 3.05) is 18.9 Å². The second-order valence-electron chi connectivity index (χ2n) is 4.24. The summed E-state index contributed by atoms with van der Waals surface area (Å²) in [5, 5.41) is 12.4. The van der Waals surface area contributed by atoms with Crippen molar-refractivity contribution in [2.45, 2.75) is 12.5 Å². The first-order valence-electron chi connectivity index (χ1n) is 5.53. The molecule has 1 fully saturated rings. The number of carboxylic acids is 1. The van der Waals surface area contributed by atoms with Gasteiger partial charge in [0.2, 0.25) is 5.91 Å². The predicted octanol–water partition coefficient (Wildman–Crippen LogP) is 1.68. The van der Waals surface area contributed by atoms with Crippen molar-refractivity contribution < 1.29 is 14.7 Å². The average Bonchev–Trinajstić information content (AvgIpc) is 2.63. The van der Waals surface area contributed by atoms with Crippen molar-refractivity contribution in [1.29, 1.82) is 0 Å². The number of carboxylic acid groups (broad SMARTS) is 1. The third kappa shape index (κ3) is 2.41. The number of halogens is 1. The second-order valence-corrected chi connectivity index (χ2v) is 4.68. The van der Waals surface area contributed by atoms with Crippen molar-refractivity contribution in [3.05, 3.63) is 28.8 Å². The average molecular weight is 269 g/mol. The summed E-state index contributed by atoms with van der Waals surface area (Å²) in [5.74, 6) is -1.10. The minimum atomic E-state index is -1.07. The summed E-state index contributed by atoms with van der Waals surface area (Å²) in [5.41, 5.74) is 0.491. The summed E-state index contributed by atoms with van der Waals surface area (Å²) < 4.78 is 0. The van der Waals surface area contributed by atoms with Crippen LogP contribution in [0, 0.1) is 0 Å². The number of anilines is 1. The van der Waals surface area contributed by atoms with Crippen LogP contribution < -0.4 is 5.32 Å². The van der Waals surface area contributed by atoms with E-state index in [-0.39, 0.29) is 17.5 Å². The fourth-order valence-electron chi connectivity index (χ4n) is 1.96. The van der Waals surface area contributed by atoms with Crippen molar-refractivity contribution in [3.63, 3.8) is 0 Å². The van der Waals surface area contributed by atoms with E-state index in [0.717, 1.165) is 0 Å². The Kier molecular flexibility index (Phi) is 3.43. The van der Waals surface area contributed by atoms with E-state index in [2.05, 4.69) is 5.32 Å². The molecule has 0 aliphatic carbocycles. The molecule has 0 aromatic heterocycles. The molecule has 5 nitrogen and oxygen atoms in total. The summed E-state index contributed by atoms with van der Waals surface area (Å²) in [6, 6.07) is 4.18. The van der Waals surface area contributed by atoms with Gasteiger partial charge in [0.05, 0.1) is 5.56 Å². The molecule has 2 rings (SSSR count). The van der Waals surface area contributed by atoms with Gasteiger partial charge in [0.1, 0.15) is 6.04 Å². The largest absolute Gasteiger partial charge is 0.478 e. The summed E-state index contributed by atoms with van der Waals surface area (Å²) >= 11 is 5.76. The quantitative estimate of drug-likeness (QED) is 0.875. The molecule has 1 aromatic rings. The fraction of sp³-hybridized carbons (Fsp3) is 0.333. The molecule has 0 spiro atoms. The van der Waals surface area contributed by atoms with Crippen LogP contribution in [0.4, 0.5) is 5.69 Å². The van der Waals surface area contributed by atoms with E-state index >= 15 is 0 Å². The number of likely N-dealkylation sites (N-methyl/N-ethyl adjacent to an activating group) is 1. The Hall–Kier alpha value is -1.75. The Bertz CT molecular complexity index is 504. The van der Waals surface area contributed by atoms with Crippen molar-refractivity contribution >= 4 is 29.2 Å². The van der Waals surface area contributed by atoms with Crippen LogP contribution in [-0.4, -0.2) is 41.5 Å². The molecule has 0 saturated carbocycles. The molecule has 6 heteroatoms. The van der Waals surface area contributed by atoms with Crippen molar-refractivity contribution in [1.82, 2.24) is 4.90 Å². The maximum atomic E-state index is 11.7. The summed E-state index contributed by atoms with van der Waals surface area (Å²) in [4.78, 5) is 24.5. The molecular formula is C12H13ClN2O3. The summed E-state index contributed by atoms with van der Waals surface area (Å²) in [6.07, 6.45) is 0.664. The van der Waals surface area contributed by atoms with Crippen LogP contribution in [0.15, 0.2) is 18.2 Å². The van der Waals surface area contributed by atoms with E-state index in [1.54, 1.807) is 24.1 Å². The number of benzene rings is 1. The van der Waals surface area contributed by atoms with E-state index in [1.165, 1.54) is 6.07 Å². The van der Waals surface area contributed by atoms with Crippen LogP contribution in [0.1, 0.15) is 16.8 Å². The van der Waals surface area contributed by atoms with Gasteiger partial charge < -0.3 is 15.3 Å². The molecule has 1 aliphatic rings. The number of rotatable bonds is 3. The zero-order valence-electron chi connectivity index (χ0n) is 9.81. The lowest BCUT2D eigenvalue weighted by atomic mass is 10.1. The Morgan fingerprint density at radius 1 is 1.56 bits per heavy atom. The first-order valence-corrected chi connectivity index (χ1v) is 5.91. The zero-order chi connectivity index (χ0) is 13.3. The molecule has 1 amide bonds. The van der Waals surface area contributed by atoms with E-state index in [9.17, 15) is 9.59 Å². The summed E-state index contributed by atoms with van der Waals surface area (Å²) in [6.45, 7) is 0.673. The monoisotopic (exact) mass is 268 g/mol. The second kappa shape index (κ2) is 4.86. The maximum Gasteiger partial charge on any atom is 0.337 e. The van der Waals surface area contributed by atoms with Crippen LogP contribution in [0.25, 0.3) is 0 Å². The molecule has 1 heterocycles. The molecule has 1 aromatic carbocycles. The Morgan fingerprint density at radius 3 is 2.83 bits per heavy atom. The molecule has 1 unspecified atom stereocenters. The van der Waals surface area contributed by atoms with Gasteiger partial charge in [-0.25, -0.2) is 4.79 Å². The first kappa shape index (κ1) is 12.7. The fourth-order valence-corrected chi connectivity index (χ4v) is 2.14. The van der Waals surface area contributed by atoms with Crippen molar-refractivity contribution in [3.8, 4) is 0 Å². The number of nitrogens with zero attached hydrogens (tertiary/aromatic N) is 1. The molecular weight excluding hydrogens is 256 g/mol. The number of hydrogen-bond acceptors (Lipinski definition) is 3. The van der Waals surface area contributed by atoms with Gasteiger partial charge in [-0.2, -0.15) is 0 Å². The van der Waals surface area contributed by atoms with E-state index in [1.807, 2.05) is 0 Å². The van der Waals surface area contributed by atoms with Crippen LogP contribution >= 0.6 is 11.6 Å². The van der Waals surface area contributed by atoms with Crippen LogP contribution in [-0.2, 0) is 4.79 Å². The lowest BCUT2D eigenvalue weighted by molar-refractivity contribution is -0.127. The molecule has 0 bridgehead atoms.